The van der Waals surface area contributed by atoms with Crippen LogP contribution in [0, 0.1) is 5.41 Å². The molecule has 116 valence electrons. The molecule has 0 saturated carbocycles. The first kappa shape index (κ1) is 16.8. The Morgan fingerprint density at radius 2 is 2.15 bits per heavy atom. The molecule has 0 aliphatic carbocycles. The molecular weight excluding hydrogens is 260 g/mol. The summed E-state index contributed by atoms with van der Waals surface area (Å²) in [5.74, 6) is -0.888. The minimum atomic E-state index is -0.921. The first-order valence-electron chi connectivity index (χ1n) is 7.08. The Bertz CT molecular complexity index is 374. The molecule has 6 heteroatoms. The van der Waals surface area contributed by atoms with Crippen molar-refractivity contribution in [1.29, 1.82) is 0 Å². The lowest BCUT2D eigenvalue weighted by atomic mass is 9.88. The monoisotopic (exact) mass is 286 g/mol. The van der Waals surface area contributed by atoms with E-state index in [2.05, 4.69) is 5.32 Å². The van der Waals surface area contributed by atoms with Gasteiger partial charge in [-0.2, -0.15) is 0 Å². The Morgan fingerprint density at radius 1 is 1.50 bits per heavy atom. The number of hydrogen-bond acceptors (Lipinski definition) is 3. The van der Waals surface area contributed by atoms with Crippen LogP contribution in [0.3, 0.4) is 0 Å². The highest BCUT2D eigenvalue weighted by Crippen LogP contribution is 2.24. The van der Waals surface area contributed by atoms with Gasteiger partial charge in [0.15, 0.2) is 0 Å². The summed E-state index contributed by atoms with van der Waals surface area (Å²) in [6.07, 6.45) is 2.29. The van der Waals surface area contributed by atoms with Crippen molar-refractivity contribution in [2.75, 3.05) is 26.7 Å². The van der Waals surface area contributed by atoms with Crippen molar-refractivity contribution in [2.45, 2.75) is 45.6 Å². The van der Waals surface area contributed by atoms with Crippen LogP contribution in [-0.4, -0.2) is 54.4 Å². The number of carboxylic acid groups (broad SMARTS) is 1. The second kappa shape index (κ2) is 6.43. The van der Waals surface area contributed by atoms with Gasteiger partial charge in [0, 0.05) is 20.2 Å². The van der Waals surface area contributed by atoms with E-state index in [1.807, 2.05) is 13.8 Å². The van der Waals surface area contributed by atoms with Crippen LogP contribution in [0.2, 0.25) is 0 Å². The maximum atomic E-state index is 12.2. The van der Waals surface area contributed by atoms with Gasteiger partial charge in [-0.05, 0) is 33.1 Å². The molecule has 1 aliphatic heterocycles. The zero-order valence-electron chi connectivity index (χ0n) is 12.9. The number of nitrogens with one attached hydrogen (secondary N) is 1. The summed E-state index contributed by atoms with van der Waals surface area (Å²) in [5.41, 5.74) is -1.23. The Balaban J connectivity index is 2.57. The fraction of sp³-hybridized carbons (Fsp3) is 0.857. The second-order valence-electron chi connectivity index (χ2n) is 6.06. The Hall–Kier alpha value is -1.30. The second-order valence-corrected chi connectivity index (χ2v) is 6.06. The molecule has 0 aromatic carbocycles. The van der Waals surface area contributed by atoms with Crippen molar-refractivity contribution in [2.24, 2.45) is 5.41 Å². The number of piperidine rings is 1. The molecule has 2 amide bonds. The fourth-order valence-corrected chi connectivity index (χ4v) is 2.28. The molecule has 0 radical (unpaired) electrons. The third-order valence-electron chi connectivity index (χ3n) is 4.37. The third kappa shape index (κ3) is 3.85. The van der Waals surface area contributed by atoms with Crippen LogP contribution in [0.1, 0.15) is 40.0 Å². The molecule has 1 rings (SSSR count). The number of nitrogens with zero attached hydrogens (tertiary/aromatic N) is 1. The molecule has 2 atom stereocenters. The number of rotatable bonds is 5. The van der Waals surface area contributed by atoms with Gasteiger partial charge in [0.25, 0.3) is 0 Å². The summed E-state index contributed by atoms with van der Waals surface area (Å²) >= 11 is 0. The van der Waals surface area contributed by atoms with Gasteiger partial charge >= 0.3 is 12.0 Å². The van der Waals surface area contributed by atoms with E-state index in [4.69, 9.17) is 4.74 Å². The molecule has 0 aromatic heterocycles. The first-order chi connectivity index (χ1) is 9.26. The molecule has 20 heavy (non-hydrogen) atoms. The van der Waals surface area contributed by atoms with E-state index in [0.717, 1.165) is 12.8 Å². The van der Waals surface area contributed by atoms with Crippen molar-refractivity contribution in [3.63, 3.8) is 0 Å². The molecule has 0 bridgehead atoms. The van der Waals surface area contributed by atoms with Crippen LogP contribution in [0.4, 0.5) is 4.79 Å². The Kier molecular flexibility index (Phi) is 5.39. The topological polar surface area (TPSA) is 78.9 Å². The first-order valence-corrected chi connectivity index (χ1v) is 7.08. The molecule has 1 heterocycles. The Labute approximate surface area is 120 Å². The Morgan fingerprint density at radius 3 is 2.65 bits per heavy atom. The minimum Gasteiger partial charge on any atom is -0.481 e. The maximum Gasteiger partial charge on any atom is 0.317 e. The van der Waals surface area contributed by atoms with Crippen LogP contribution >= 0.6 is 0 Å². The zero-order valence-corrected chi connectivity index (χ0v) is 12.9. The van der Waals surface area contributed by atoms with Crippen molar-refractivity contribution in [3.05, 3.63) is 0 Å². The van der Waals surface area contributed by atoms with Crippen LogP contribution < -0.4 is 5.32 Å². The SMILES string of the molecule is CCC(C)(CNC(=O)N1CCCC(C)(OC)C1)C(=O)O. The molecule has 1 fully saturated rings. The van der Waals surface area contributed by atoms with E-state index < -0.39 is 11.4 Å². The average molecular weight is 286 g/mol. The highest BCUT2D eigenvalue weighted by atomic mass is 16.5. The number of carboxylic acids is 1. The number of hydrogen-bond donors (Lipinski definition) is 2. The number of methoxy groups -OCH3 is 1. The predicted octanol–water partition coefficient (Wildman–Crippen LogP) is 1.70. The summed E-state index contributed by atoms with van der Waals surface area (Å²) < 4.78 is 5.45. The lowest BCUT2D eigenvalue weighted by Gasteiger charge is -2.39. The molecule has 0 aromatic rings. The van der Waals surface area contributed by atoms with Crippen molar-refractivity contribution in [3.8, 4) is 0 Å². The van der Waals surface area contributed by atoms with Gasteiger partial charge < -0.3 is 20.1 Å². The lowest BCUT2D eigenvalue weighted by Crippen LogP contribution is -2.54. The summed E-state index contributed by atoms with van der Waals surface area (Å²) in [5, 5.41) is 11.9. The molecule has 6 nitrogen and oxygen atoms in total. The predicted molar refractivity (Wildman–Crippen MR) is 75.7 cm³/mol. The number of aliphatic carboxylic acids is 1. The molecule has 1 saturated heterocycles. The van der Waals surface area contributed by atoms with Crippen LogP contribution in [0.5, 0.6) is 0 Å². The van der Waals surface area contributed by atoms with Crippen LogP contribution in [-0.2, 0) is 9.53 Å². The lowest BCUT2D eigenvalue weighted by molar-refractivity contribution is -0.147. The van der Waals surface area contributed by atoms with Crippen molar-refractivity contribution < 1.29 is 19.4 Å². The van der Waals surface area contributed by atoms with E-state index in [0.29, 0.717) is 19.5 Å². The van der Waals surface area contributed by atoms with Crippen LogP contribution in [0.25, 0.3) is 0 Å². The maximum absolute atomic E-state index is 12.2. The van der Waals surface area contributed by atoms with Gasteiger partial charge in [-0.3, -0.25) is 4.79 Å². The molecule has 0 spiro atoms. The number of urea groups is 1. The van der Waals surface area contributed by atoms with Gasteiger partial charge in [-0.15, -0.1) is 0 Å². The average Bonchev–Trinajstić information content (AvgIpc) is 2.44. The van der Waals surface area contributed by atoms with Crippen molar-refractivity contribution in [1.82, 2.24) is 10.2 Å². The molecule has 1 aliphatic rings. The quantitative estimate of drug-likeness (QED) is 0.806. The summed E-state index contributed by atoms with van der Waals surface area (Å²) in [6.45, 7) is 6.79. The van der Waals surface area contributed by atoms with Gasteiger partial charge in [0.05, 0.1) is 17.6 Å². The van der Waals surface area contributed by atoms with E-state index in [1.165, 1.54) is 0 Å². The molecule has 2 unspecified atom stereocenters. The van der Waals surface area contributed by atoms with Gasteiger partial charge in [-0.25, -0.2) is 4.79 Å². The van der Waals surface area contributed by atoms with E-state index in [9.17, 15) is 14.7 Å². The smallest absolute Gasteiger partial charge is 0.317 e. The number of carbonyl (C=O) groups is 2. The highest BCUT2D eigenvalue weighted by Gasteiger charge is 2.35. The van der Waals surface area contributed by atoms with Gasteiger partial charge in [0.2, 0.25) is 0 Å². The zero-order chi connectivity index (χ0) is 15.4. The number of likely N-dealkylation sites (tertiary alicyclic amines) is 1. The summed E-state index contributed by atoms with van der Waals surface area (Å²) in [7, 11) is 1.65. The normalized spacial score (nSPS) is 25.9. The fourth-order valence-electron chi connectivity index (χ4n) is 2.28. The number of carbonyl (C=O) groups excluding carboxylic acids is 1. The summed E-state index contributed by atoms with van der Waals surface area (Å²) in [6, 6.07) is -0.214. The largest absolute Gasteiger partial charge is 0.481 e. The third-order valence-corrected chi connectivity index (χ3v) is 4.37. The van der Waals surface area contributed by atoms with Gasteiger partial charge in [0.1, 0.15) is 0 Å². The minimum absolute atomic E-state index is 0.137. The molecule has 2 N–H and O–H groups in total. The van der Waals surface area contributed by atoms with E-state index in [1.54, 1.807) is 18.9 Å². The number of amides is 2. The standard InChI is InChI=1S/C14H26N2O4/c1-5-13(2,11(17)18)9-15-12(19)16-8-6-7-14(3,10-16)20-4/h5-10H2,1-4H3,(H,15,19)(H,17,18). The van der Waals surface area contributed by atoms with Crippen LogP contribution in [0.15, 0.2) is 0 Å². The van der Waals surface area contributed by atoms with E-state index in [-0.39, 0.29) is 18.2 Å². The summed E-state index contributed by atoms with van der Waals surface area (Å²) in [4.78, 5) is 25.1. The number of ether oxygens (including phenoxy) is 1. The van der Waals surface area contributed by atoms with Crippen molar-refractivity contribution >= 4 is 12.0 Å². The highest BCUT2D eigenvalue weighted by molar-refractivity contribution is 5.78. The van der Waals surface area contributed by atoms with E-state index >= 15 is 0 Å². The molecular formula is C14H26N2O4. The van der Waals surface area contributed by atoms with Gasteiger partial charge in [-0.1, -0.05) is 6.92 Å².